The minimum atomic E-state index is -0.156. The van der Waals surface area contributed by atoms with Crippen molar-refractivity contribution in [3.8, 4) is 5.75 Å². The van der Waals surface area contributed by atoms with Crippen LogP contribution in [0.25, 0.3) is 10.2 Å². The van der Waals surface area contributed by atoms with Gasteiger partial charge in [-0.3, -0.25) is 4.79 Å². The van der Waals surface area contributed by atoms with Gasteiger partial charge in [-0.25, -0.2) is 10.4 Å². The number of rotatable bonds is 10. The smallest absolute Gasteiger partial charge is 0.250 e. The quantitative estimate of drug-likeness (QED) is 0.217. The molecule has 3 aromatic rings. The van der Waals surface area contributed by atoms with Crippen molar-refractivity contribution in [3.05, 3.63) is 54.1 Å². The average Bonchev–Trinajstić information content (AvgIpc) is 3.14. The van der Waals surface area contributed by atoms with E-state index in [0.717, 1.165) is 38.9 Å². The van der Waals surface area contributed by atoms with Gasteiger partial charge >= 0.3 is 0 Å². The van der Waals surface area contributed by atoms with Gasteiger partial charge in [0.1, 0.15) is 5.75 Å². The number of carbonyl (C=O) groups is 1. The second-order valence-electron chi connectivity index (χ2n) is 6.15. The number of para-hydroxylation sites is 1. The zero-order valence-electron chi connectivity index (χ0n) is 15.8. The second kappa shape index (κ2) is 10.8. The summed E-state index contributed by atoms with van der Waals surface area (Å²) in [5, 5.41) is 4.02. The summed E-state index contributed by atoms with van der Waals surface area (Å²) >= 11 is 3.01. The van der Waals surface area contributed by atoms with E-state index in [2.05, 4.69) is 22.4 Å². The molecule has 0 aliphatic heterocycles. The third kappa shape index (κ3) is 6.35. The summed E-state index contributed by atoms with van der Waals surface area (Å²) in [7, 11) is 0. The summed E-state index contributed by atoms with van der Waals surface area (Å²) in [6.07, 6.45) is 5.06. The maximum Gasteiger partial charge on any atom is 0.250 e. The lowest BCUT2D eigenvalue weighted by Gasteiger charge is -2.05. The van der Waals surface area contributed by atoms with E-state index in [1.807, 2.05) is 48.5 Å². The van der Waals surface area contributed by atoms with Crippen LogP contribution in [-0.2, 0) is 4.79 Å². The highest BCUT2D eigenvalue weighted by Crippen LogP contribution is 2.28. The van der Waals surface area contributed by atoms with Crippen LogP contribution in [-0.4, -0.2) is 29.5 Å². The molecular formula is C21H23N3O2S2. The highest BCUT2D eigenvalue weighted by atomic mass is 32.2. The van der Waals surface area contributed by atoms with Crippen molar-refractivity contribution in [2.75, 3.05) is 12.4 Å². The Bertz CT molecular complexity index is 890. The van der Waals surface area contributed by atoms with Crippen LogP contribution in [0, 0.1) is 0 Å². The van der Waals surface area contributed by atoms with Crippen molar-refractivity contribution in [2.24, 2.45) is 5.10 Å². The van der Waals surface area contributed by atoms with Crippen molar-refractivity contribution in [3.63, 3.8) is 0 Å². The lowest BCUT2D eigenvalue weighted by Crippen LogP contribution is -2.19. The van der Waals surface area contributed by atoms with E-state index in [-0.39, 0.29) is 11.7 Å². The van der Waals surface area contributed by atoms with E-state index in [1.165, 1.54) is 24.6 Å². The summed E-state index contributed by atoms with van der Waals surface area (Å²) in [6, 6.07) is 15.6. The Labute approximate surface area is 173 Å². The standard InChI is InChI=1S/C21H23N3O2S2/c1-2-3-6-13-26-17-11-9-16(10-12-17)14-22-24-20(25)15-27-21-23-18-7-4-5-8-19(18)28-21/h4-5,7-12,14H,2-3,6,13,15H2,1H3,(H,24,25)/b22-14-. The lowest BCUT2D eigenvalue weighted by molar-refractivity contribution is -0.118. The van der Waals surface area contributed by atoms with Gasteiger partial charge in [0.15, 0.2) is 4.34 Å². The fraction of sp³-hybridized carbons (Fsp3) is 0.286. The number of carbonyl (C=O) groups excluding carboxylic acids is 1. The van der Waals surface area contributed by atoms with E-state index in [4.69, 9.17) is 4.74 Å². The summed E-state index contributed by atoms with van der Waals surface area (Å²) in [4.78, 5) is 16.5. The van der Waals surface area contributed by atoms with Gasteiger partial charge in [-0.15, -0.1) is 11.3 Å². The predicted octanol–water partition coefficient (Wildman–Crippen LogP) is 5.11. The maximum absolute atomic E-state index is 12.0. The molecule has 28 heavy (non-hydrogen) atoms. The van der Waals surface area contributed by atoms with Gasteiger partial charge < -0.3 is 4.74 Å². The molecule has 1 amide bonds. The zero-order valence-corrected chi connectivity index (χ0v) is 17.4. The first-order valence-electron chi connectivity index (χ1n) is 9.28. The monoisotopic (exact) mass is 413 g/mol. The molecule has 7 heteroatoms. The van der Waals surface area contributed by atoms with E-state index >= 15 is 0 Å². The molecule has 0 bridgehead atoms. The summed E-state index contributed by atoms with van der Waals surface area (Å²) in [6.45, 7) is 2.91. The first-order valence-corrected chi connectivity index (χ1v) is 11.1. The molecular weight excluding hydrogens is 390 g/mol. The van der Waals surface area contributed by atoms with Crippen LogP contribution in [0.1, 0.15) is 31.7 Å². The van der Waals surface area contributed by atoms with Crippen LogP contribution in [0.5, 0.6) is 5.75 Å². The molecule has 0 fully saturated rings. The Morgan fingerprint density at radius 2 is 2.04 bits per heavy atom. The van der Waals surface area contributed by atoms with Gasteiger partial charge in [0.2, 0.25) is 0 Å². The van der Waals surface area contributed by atoms with E-state index in [0.29, 0.717) is 0 Å². The molecule has 5 nitrogen and oxygen atoms in total. The zero-order chi connectivity index (χ0) is 19.6. The van der Waals surface area contributed by atoms with Crippen molar-refractivity contribution in [1.82, 2.24) is 10.4 Å². The molecule has 0 saturated heterocycles. The molecule has 3 rings (SSSR count). The van der Waals surface area contributed by atoms with Gasteiger partial charge in [-0.1, -0.05) is 43.7 Å². The molecule has 1 heterocycles. The number of benzene rings is 2. The Kier molecular flexibility index (Phi) is 7.87. The largest absolute Gasteiger partial charge is 0.494 e. The molecule has 0 spiro atoms. The molecule has 0 atom stereocenters. The summed E-state index contributed by atoms with van der Waals surface area (Å²) in [5.41, 5.74) is 4.42. The number of fused-ring (bicyclic) bond motifs is 1. The van der Waals surface area contributed by atoms with Crippen LogP contribution in [0.2, 0.25) is 0 Å². The predicted molar refractivity (Wildman–Crippen MR) is 118 cm³/mol. The highest BCUT2D eigenvalue weighted by molar-refractivity contribution is 8.01. The molecule has 0 saturated carbocycles. The number of unbranched alkanes of at least 4 members (excludes halogenated alkanes) is 2. The van der Waals surface area contributed by atoms with Crippen LogP contribution in [0.4, 0.5) is 0 Å². The molecule has 1 aromatic heterocycles. The maximum atomic E-state index is 12.0. The number of nitrogens with one attached hydrogen (secondary N) is 1. The molecule has 0 unspecified atom stereocenters. The number of thioether (sulfide) groups is 1. The minimum Gasteiger partial charge on any atom is -0.494 e. The van der Waals surface area contributed by atoms with Gasteiger partial charge in [0.25, 0.3) is 5.91 Å². The first kappa shape index (κ1) is 20.4. The average molecular weight is 414 g/mol. The fourth-order valence-corrected chi connectivity index (χ4v) is 4.30. The van der Waals surface area contributed by atoms with Gasteiger partial charge in [0.05, 0.1) is 28.8 Å². The van der Waals surface area contributed by atoms with Crippen LogP contribution < -0.4 is 10.2 Å². The van der Waals surface area contributed by atoms with Gasteiger partial charge in [-0.05, 0) is 48.4 Å². The number of hydrogen-bond donors (Lipinski definition) is 1. The van der Waals surface area contributed by atoms with Gasteiger partial charge in [0, 0.05) is 0 Å². The van der Waals surface area contributed by atoms with E-state index in [9.17, 15) is 4.79 Å². The first-order chi connectivity index (χ1) is 13.7. The van der Waals surface area contributed by atoms with Crippen molar-refractivity contribution < 1.29 is 9.53 Å². The highest BCUT2D eigenvalue weighted by Gasteiger charge is 2.06. The number of hydrogen-bond acceptors (Lipinski definition) is 6. The normalized spacial score (nSPS) is 11.2. The Morgan fingerprint density at radius 3 is 2.82 bits per heavy atom. The molecule has 0 aliphatic carbocycles. The number of ether oxygens (including phenoxy) is 1. The molecule has 146 valence electrons. The Balaban J connectivity index is 1.40. The topological polar surface area (TPSA) is 63.6 Å². The van der Waals surface area contributed by atoms with Crippen molar-refractivity contribution in [2.45, 2.75) is 30.5 Å². The van der Waals surface area contributed by atoms with E-state index < -0.39 is 0 Å². The molecule has 1 N–H and O–H groups in total. The van der Waals surface area contributed by atoms with E-state index in [1.54, 1.807) is 17.6 Å². The summed E-state index contributed by atoms with van der Waals surface area (Å²) < 4.78 is 7.69. The Hall–Kier alpha value is -2.38. The third-order valence-electron chi connectivity index (χ3n) is 3.90. The fourth-order valence-electron chi connectivity index (χ4n) is 2.44. The van der Waals surface area contributed by atoms with Crippen molar-refractivity contribution in [1.29, 1.82) is 0 Å². The number of nitrogens with zero attached hydrogens (tertiary/aromatic N) is 2. The number of thiazole rings is 1. The number of amides is 1. The third-order valence-corrected chi connectivity index (χ3v) is 6.08. The minimum absolute atomic E-state index is 0.156. The van der Waals surface area contributed by atoms with Crippen molar-refractivity contribution >= 4 is 45.4 Å². The van der Waals surface area contributed by atoms with Crippen LogP contribution in [0.15, 0.2) is 58.0 Å². The van der Waals surface area contributed by atoms with Gasteiger partial charge in [-0.2, -0.15) is 5.10 Å². The molecule has 0 aliphatic rings. The molecule has 2 aromatic carbocycles. The van der Waals surface area contributed by atoms with Crippen LogP contribution >= 0.6 is 23.1 Å². The summed E-state index contributed by atoms with van der Waals surface area (Å²) in [5.74, 6) is 0.975. The lowest BCUT2D eigenvalue weighted by atomic mass is 10.2. The number of hydrazone groups is 1. The Morgan fingerprint density at radius 1 is 1.21 bits per heavy atom. The number of aromatic nitrogens is 1. The second-order valence-corrected chi connectivity index (χ2v) is 8.41. The molecule has 0 radical (unpaired) electrons. The SMILES string of the molecule is CCCCCOc1ccc(/C=N\NC(=O)CSc2nc3ccccc3s2)cc1. The van der Waals surface area contributed by atoms with Crippen LogP contribution in [0.3, 0.4) is 0 Å².